The Kier molecular flexibility index (Phi) is 8.94. The standard InChI is InChI=1S/C7H16P.Y/c1-3-5-6-7-8-4-2;/h3-7H2,1-2H3;/q-1;+1. The van der Waals surface area contributed by atoms with Crippen molar-refractivity contribution in [3.05, 3.63) is 0 Å². The van der Waals surface area contributed by atoms with E-state index in [0.29, 0.717) is 4.17 Å². The average molecular weight is 220 g/mol. The van der Waals surface area contributed by atoms with Gasteiger partial charge >= 0.3 is 79.9 Å². The van der Waals surface area contributed by atoms with Crippen LogP contribution in [0.3, 0.4) is 0 Å². The van der Waals surface area contributed by atoms with E-state index in [2.05, 4.69) is 13.8 Å². The van der Waals surface area contributed by atoms with Crippen LogP contribution in [0.25, 0.3) is 0 Å². The molecule has 0 N–H and O–H groups in total. The SMILES string of the molecule is CCCCC[P]([Y])CC. The summed E-state index contributed by atoms with van der Waals surface area (Å²) in [6.45, 7) is 4.61. The maximum atomic E-state index is 2.34. The van der Waals surface area contributed by atoms with Crippen LogP contribution in [0.1, 0.15) is 33.1 Å². The Morgan fingerprint density at radius 2 is 1.89 bits per heavy atom. The summed E-state index contributed by atoms with van der Waals surface area (Å²) in [5, 5.41) is 0. The summed E-state index contributed by atoms with van der Waals surface area (Å²) in [5.74, 6) is 0. The predicted octanol–water partition coefficient (Wildman–Crippen LogP) is 3.14. The van der Waals surface area contributed by atoms with Gasteiger partial charge in [-0.1, -0.05) is 0 Å². The van der Waals surface area contributed by atoms with E-state index >= 15 is 0 Å². The quantitative estimate of drug-likeness (QED) is 0.493. The van der Waals surface area contributed by atoms with Crippen molar-refractivity contribution in [1.82, 2.24) is 0 Å². The summed E-state index contributed by atoms with van der Waals surface area (Å²) >= 11 is 1.53. The van der Waals surface area contributed by atoms with Gasteiger partial charge in [-0.3, -0.25) is 0 Å². The molecule has 0 nitrogen and oxygen atoms in total. The van der Waals surface area contributed by atoms with Crippen molar-refractivity contribution in [1.29, 1.82) is 0 Å². The molecule has 0 heterocycles. The number of hydrogen-bond acceptors (Lipinski definition) is 0. The van der Waals surface area contributed by atoms with Crippen LogP contribution in [0.2, 0.25) is 0 Å². The first-order valence-corrected chi connectivity index (χ1v) is 9.39. The van der Waals surface area contributed by atoms with Crippen molar-refractivity contribution in [3.63, 3.8) is 0 Å². The van der Waals surface area contributed by atoms with Gasteiger partial charge in [0.2, 0.25) is 0 Å². The minimum atomic E-state index is 0.540. The third kappa shape index (κ3) is 7.43. The predicted molar refractivity (Wildman–Crippen MR) is 41.9 cm³/mol. The molecule has 0 fully saturated rings. The van der Waals surface area contributed by atoms with Gasteiger partial charge in [0.05, 0.1) is 0 Å². The number of unbranched alkanes of at least 4 members (excludes halogenated alkanes) is 2. The first-order chi connectivity index (χ1) is 4.31. The monoisotopic (exact) mass is 220 g/mol. The summed E-state index contributed by atoms with van der Waals surface area (Å²) in [4.78, 5) is 0. The summed E-state index contributed by atoms with van der Waals surface area (Å²) in [7, 11) is 0. The van der Waals surface area contributed by atoms with Crippen molar-refractivity contribution in [2.45, 2.75) is 33.1 Å². The minimum absolute atomic E-state index is 0.540. The molecular formula is C7H16PY. The topological polar surface area (TPSA) is 0 Å². The summed E-state index contributed by atoms with van der Waals surface area (Å²) in [6, 6.07) is 0. The van der Waals surface area contributed by atoms with Gasteiger partial charge in [0.25, 0.3) is 0 Å². The van der Waals surface area contributed by atoms with Gasteiger partial charge in [-0.05, 0) is 0 Å². The van der Waals surface area contributed by atoms with E-state index in [1.54, 1.807) is 6.16 Å². The Labute approximate surface area is 79.4 Å². The summed E-state index contributed by atoms with van der Waals surface area (Å²) < 4.78 is 0.540. The Morgan fingerprint density at radius 1 is 1.22 bits per heavy atom. The third-order valence-corrected chi connectivity index (χ3v) is 7.75. The maximum absolute atomic E-state index is 2.34. The molecule has 0 aliphatic rings. The van der Waals surface area contributed by atoms with Gasteiger partial charge in [0.15, 0.2) is 0 Å². The second kappa shape index (κ2) is 7.64. The molecule has 0 aromatic carbocycles. The fraction of sp³-hybridized carbons (Fsp3) is 1.00. The molecule has 0 aromatic heterocycles. The molecule has 0 bridgehead atoms. The van der Waals surface area contributed by atoms with Gasteiger partial charge in [-0.15, -0.1) is 0 Å². The summed E-state index contributed by atoms with van der Waals surface area (Å²) in [5.41, 5.74) is 0. The number of hydrogen-bond donors (Lipinski definition) is 0. The van der Waals surface area contributed by atoms with Crippen LogP contribution in [-0.4, -0.2) is 12.3 Å². The third-order valence-electron chi connectivity index (χ3n) is 1.46. The van der Waals surface area contributed by atoms with Crippen LogP contribution in [-0.2, 0) is 30.3 Å². The van der Waals surface area contributed by atoms with Crippen LogP contribution < -0.4 is 0 Å². The van der Waals surface area contributed by atoms with Gasteiger partial charge < -0.3 is 0 Å². The molecule has 0 rings (SSSR count). The fourth-order valence-electron chi connectivity index (χ4n) is 0.723. The molecule has 2 heteroatoms. The molecular weight excluding hydrogens is 204 g/mol. The molecule has 1 unspecified atom stereocenters. The molecule has 0 aliphatic heterocycles. The van der Waals surface area contributed by atoms with Gasteiger partial charge in [0, 0.05) is 0 Å². The van der Waals surface area contributed by atoms with Crippen LogP contribution >= 0.6 is 4.17 Å². The average Bonchev–Trinajstić information content (AvgIpc) is 1.89. The van der Waals surface area contributed by atoms with Crippen molar-refractivity contribution in [3.8, 4) is 0 Å². The molecule has 0 radical (unpaired) electrons. The van der Waals surface area contributed by atoms with Gasteiger partial charge in [-0.2, -0.15) is 0 Å². The van der Waals surface area contributed by atoms with E-state index in [-0.39, 0.29) is 0 Å². The Morgan fingerprint density at radius 3 is 2.33 bits per heavy atom. The van der Waals surface area contributed by atoms with Crippen LogP contribution in [0.4, 0.5) is 0 Å². The fourth-order valence-corrected chi connectivity index (χ4v) is 3.02. The first-order valence-electron chi connectivity index (χ1n) is 3.80. The molecule has 0 spiro atoms. The van der Waals surface area contributed by atoms with E-state index in [9.17, 15) is 0 Å². The van der Waals surface area contributed by atoms with Crippen LogP contribution in [0.15, 0.2) is 0 Å². The molecule has 52 valence electrons. The van der Waals surface area contributed by atoms with Crippen molar-refractivity contribution >= 4 is 4.17 Å². The van der Waals surface area contributed by atoms with Crippen molar-refractivity contribution < 1.29 is 30.3 Å². The number of rotatable bonds is 5. The van der Waals surface area contributed by atoms with E-state index < -0.39 is 0 Å². The Hall–Kier alpha value is 1.53. The van der Waals surface area contributed by atoms with E-state index in [1.165, 1.54) is 55.7 Å². The van der Waals surface area contributed by atoms with E-state index in [1.807, 2.05) is 0 Å². The second-order valence-electron chi connectivity index (χ2n) is 2.34. The van der Waals surface area contributed by atoms with E-state index in [0.717, 1.165) is 0 Å². The van der Waals surface area contributed by atoms with Gasteiger partial charge in [0.1, 0.15) is 0 Å². The normalized spacial score (nSPS) is 13.4. The van der Waals surface area contributed by atoms with Gasteiger partial charge in [-0.25, -0.2) is 0 Å². The van der Waals surface area contributed by atoms with Crippen LogP contribution in [0, 0.1) is 0 Å². The van der Waals surface area contributed by atoms with Crippen molar-refractivity contribution in [2.75, 3.05) is 12.3 Å². The van der Waals surface area contributed by atoms with Crippen molar-refractivity contribution in [2.24, 2.45) is 0 Å². The zero-order chi connectivity index (χ0) is 7.11. The van der Waals surface area contributed by atoms with E-state index in [4.69, 9.17) is 0 Å². The Balaban J connectivity index is 2.88. The molecule has 0 amide bonds. The molecule has 0 aliphatic carbocycles. The molecule has 1 atom stereocenters. The Bertz CT molecular complexity index is 56.9. The van der Waals surface area contributed by atoms with Crippen LogP contribution in [0.5, 0.6) is 0 Å². The molecule has 0 aromatic rings. The summed E-state index contributed by atoms with van der Waals surface area (Å²) in [6.07, 6.45) is 7.37. The second-order valence-corrected chi connectivity index (χ2v) is 9.98. The molecule has 0 saturated carbocycles. The first kappa shape index (κ1) is 10.5. The molecule has 9 heavy (non-hydrogen) atoms. The zero-order valence-electron chi connectivity index (χ0n) is 6.56. The zero-order valence-corrected chi connectivity index (χ0v) is 10.3. The molecule has 0 saturated heterocycles.